The van der Waals surface area contributed by atoms with Gasteiger partial charge in [-0.15, -0.1) is 0 Å². The molecule has 0 aliphatic rings. The highest BCUT2D eigenvalue weighted by Gasteiger charge is 2.14. The molecule has 3 amide bonds. The molecule has 2 rings (SSSR count). The number of rotatable bonds is 7. The fourth-order valence-corrected chi connectivity index (χ4v) is 2.69. The first-order chi connectivity index (χ1) is 12.4. The highest BCUT2D eigenvalue weighted by molar-refractivity contribution is 6.35. The summed E-state index contributed by atoms with van der Waals surface area (Å²) >= 11 is 11.9. The Bertz CT molecular complexity index is 793. The van der Waals surface area contributed by atoms with Gasteiger partial charge < -0.3 is 20.4 Å². The van der Waals surface area contributed by atoms with Gasteiger partial charge in [0, 0.05) is 10.0 Å². The fourth-order valence-electron chi connectivity index (χ4n) is 2.12. The molecule has 0 saturated carbocycles. The topological polar surface area (TPSA) is 100 Å². The SMILES string of the molecule is C[C@H](NC(=O)CNC(=O)CNC(=O)c1ccco1)c1ccc(Cl)cc1Cl. The van der Waals surface area contributed by atoms with Crippen molar-refractivity contribution in [3.8, 4) is 0 Å². The van der Waals surface area contributed by atoms with E-state index in [-0.39, 0.29) is 24.9 Å². The number of hydrogen-bond acceptors (Lipinski definition) is 4. The number of hydrogen-bond donors (Lipinski definition) is 3. The van der Waals surface area contributed by atoms with Crippen molar-refractivity contribution in [1.29, 1.82) is 0 Å². The normalized spacial score (nSPS) is 11.5. The summed E-state index contributed by atoms with van der Waals surface area (Å²) in [6.07, 6.45) is 1.35. The largest absolute Gasteiger partial charge is 0.459 e. The van der Waals surface area contributed by atoms with Crippen molar-refractivity contribution in [3.05, 3.63) is 58.0 Å². The molecule has 0 aliphatic carbocycles. The van der Waals surface area contributed by atoms with Crippen molar-refractivity contribution in [2.24, 2.45) is 0 Å². The molecular weight excluding hydrogens is 381 g/mol. The molecule has 0 saturated heterocycles. The van der Waals surface area contributed by atoms with Crippen LogP contribution in [0.2, 0.25) is 10.0 Å². The summed E-state index contributed by atoms with van der Waals surface area (Å²) in [5.41, 5.74) is 0.710. The number of carbonyl (C=O) groups excluding carboxylic acids is 3. The zero-order valence-corrected chi connectivity index (χ0v) is 15.4. The van der Waals surface area contributed by atoms with Gasteiger partial charge in [-0.2, -0.15) is 0 Å². The molecule has 1 atom stereocenters. The van der Waals surface area contributed by atoms with Crippen LogP contribution < -0.4 is 16.0 Å². The predicted molar refractivity (Wildman–Crippen MR) is 97.1 cm³/mol. The molecule has 0 aliphatic heterocycles. The molecule has 0 bridgehead atoms. The van der Waals surface area contributed by atoms with Crippen molar-refractivity contribution < 1.29 is 18.8 Å². The standard InChI is InChI=1S/C17H17Cl2N3O4/c1-10(12-5-4-11(18)7-13(12)19)22-16(24)9-20-15(23)8-21-17(25)14-3-2-6-26-14/h2-7,10H,8-9H2,1H3,(H,20,23)(H,21,25)(H,22,24)/t10-/m0/s1. The lowest BCUT2D eigenvalue weighted by molar-refractivity contribution is -0.125. The fraction of sp³-hybridized carbons (Fsp3) is 0.235. The van der Waals surface area contributed by atoms with Crippen LogP contribution in [-0.2, 0) is 9.59 Å². The van der Waals surface area contributed by atoms with Crippen molar-refractivity contribution in [2.45, 2.75) is 13.0 Å². The summed E-state index contributed by atoms with van der Waals surface area (Å²) in [6.45, 7) is 1.26. The molecule has 0 radical (unpaired) electrons. The first-order valence-corrected chi connectivity index (χ1v) is 8.45. The van der Waals surface area contributed by atoms with Crippen LogP contribution in [-0.4, -0.2) is 30.8 Å². The van der Waals surface area contributed by atoms with E-state index < -0.39 is 17.7 Å². The third-order valence-corrected chi connectivity index (χ3v) is 3.97. The first-order valence-electron chi connectivity index (χ1n) is 7.69. The van der Waals surface area contributed by atoms with Gasteiger partial charge in [0.05, 0.1) is 25.4 Å². The molecule has 3 N–H and O–H groups in total. The minimum absolute atomic E-state index is 0.101. The number of nitrogens with one attached hydrogen (secondary N) is 3. The van der Waals surface area contributed by atoms with E-state index in [2.05, 4.69) is 16.0 Å². The van der Waals surface area contributed by atoms with E-state index in [1.165, 1.54) is 12.3 Å². The highest BCUT2D eigenvalue weighted by Crippen LogP contribution is 2.25. The second-order valence-electron chi connectivity index (χ2n) is 5.39. The van der Waals surface area contributed by atoms with Crippen molar-refractivity contribution in [3.63, 3.8) is 0 Å². The van der Waals surface area contributed by atoms with Gasteiger partial charge >= 0.3 is 0 Å². The number of amides is 3. The minimum Gasteiger partial charge on any atom is -0.459 e. The Morgan fingerprint density at radius 2 is 1.81 bits per heavy atom. The van der Waals surface area contributed by atoms with E-state index in [1.54, 1.807) is 31.2 Å². The molecule has 26 heavy (non-hydrogen) atoms. The molecule has 1 aromatic carbocycles. The van der Waals surface area contributed by atoms with Gasteiger partial charge in [0.25, 0.3) is 5.91 Å². The highest BCUT2D eigenvalue weighted by atomic mass is 35.5. The molecule has 1 aromatic heterocycles. The third kappa shape index (κ3) is 5.79. The Balaban J connectivity index is 1.73. The summed E-state index contributed by atoms with van der Waals surface area (Å²) in [6, 6.07) is 7.66. The van der Waals surface area contributed by atoms with Crippen LogP contribution in [0.25, 0.3) is 0 Å². The summed E-state index contributed by atoms with van der Waals surface area (Å²) in [7, 11) is 0. The van der Waals surface area contributed by atoms with Crippen LogP contribution in [0.1, 0.15) is 29.1 Å². The number of furan rings is 1. The maximum absolute atomic E-state index is 11.9. The van der Waals surface area contributed by atoms with E-state index in [1.807, 2.05) is 0 Å². The summed E-state index contributed by atoms with van der Waals surface area (Å²) in [5, 5.41) is 8.45. The van der Waals surface area contributed by atoms with Gasteiger partial charge in [0.15, 0.2) is 5.76 Å². The van der Waals surface area contributed by atoms with Gasteiger partial charge in [-0.25, -0.2) is 0 Å². The van der Waals surface area contributed by atoms with Crippen LogP contribution in [0.3, 0.4) is 0 Å². The summed E-state index contributed by atoms with van der Waals surface area (Å²) < 4.78 is 4.90. The monoisotopic (exact) mass is 397 g/mol. The maximum atomic E-state index is 11.9. The molecule has 0 unspecified atom stereocenters. The van der Waals surface area contributed by atoms with Crippen LogP contribution >= 0.6 is 23.2 Å². The van der Waals surface area contributed by atoms with E-state index in [0.717, 1.165) is 0 Å². The summed E-state index contributed by atoms with van der Waals surface area (Å²) in [4.78, 5) is 35.3. The van der Waals surface area contributed by atoms with Gasteiger partial charge in [0.2, 0.25) is 11.8 Å². The van der Waals surface area contributed by atoms with Crippen LogP contribution in [0.5, 0.6) is 0 Å². The predicted octanol–water partition coefficient (Wildman–Crippen LogP) is 2.31. The second-order valence-corrected chi connectivity index (χ2v) is 6.24. The van der Waals surface area contributed by atoms with E-state index in [4.69, 9.17) is 27.6 Å². The lowest BCUT2D eigenvalue weighted by Crippen LogP contribution is -2.42. The Morgan fingerprint density at radius 1 is 1.08 bits per heavy atom. The van der Waals surface area contributed by atoms with Crippen LogP contribution in [0.4, 0.5) is 0 Å². The molecule has 138 valence electrons. The Kier molecular flexibility index (Phi) is 7.06. The van der Waals surface area contributed by atoms with Gasteiger partial charge in [-0.1, -0.05) is 29.3 Å². The van der Waals surface area contributed by atoms with Crippen LogP contribution in [0, 0.1) is 0 Å². The number of halogens is 2. The second kappa shape index (κ2) is 9.26. The smallest absolute Gasteiger partial charge is 0.287 e. The van der Waals surface area contributed by atoms with Crippen molar-refractivity contribution in [1.82, 2.24) is 16.0 Å². The van der Waals surface area contributed by atoms with Gasteiger partial charge in [0.1, 0.15) is 0 Å². The average molecular weight is 398 g/mol. The molecular formula is C17H17Cl2N3O4. The van der Waals surface area contributed by atoms with E-state index >= 15 is 0 Å². The molecule has 2 aromatic rings. The number of carbonyl (C=O) groups is 3. The average Bonchev–Trinajstić information content (AvgIpc) is 3.12. The zero-order valence-electron chi connectivity index (χ0n) is 13.8. The van der Waals surface area contributed by atoms with Gasteiger partial charge in [-0.3, -0.25) is 14.4 Å². The molecule has 9 heteroatoms. The lowest BCUT2D eigenvalue weighted by Gasteiger charge is -2.16. The Hall–Kier alpha value is -2.51. The Labute approximate surface area is 160 Å². The lowest BCUT2D eigenvalue weighted by atomic mass is 10.1. The molecule has 7 nitrogen and oxygen atoms in total. The van der Waals surface area contributed by atoms with Crippen LogP contribution in [0.15, 0.2) is 41.0 Å². The van der Waals surface area contributed by atoms with E-state index in [9.17, 15) is 14.4 Å². The quantitative estimate of drug-likeness (QED) is 0.666. The van der Waals surface area contributed by atoms with Crippen molar-refractivity contribution >= 4 is 40.9 Å². The Morgan fingerprint density at radius 3 is 2.46 bits per heavy atom. The van der Waals surface area contributed by atoms with Crippen molar-refractivity contribution in [2.75, 3.05) is 13.1 Å². The summed E-state index contributed by atoms with van der Waals surface area (Å²) in [5.74, 6) is -1.31. The molecule has 0 fully saturated rings. The maximum Gasteiger partial charge on any atom is 0.287 e. The molecule has 1 heterocycles. The van der Waals surface area contributed by atoms with E-state index in [0.29, 0.717) is 15.6 Å². The van der Waals surface area contributed by atoms with Gasteiger partial charge in [-0.05, 0) is 36.8 Å². The zero-order chi connectivity index (χ0) is 19.1. The third-order valence-electron chi connectivity index (χ3n) is 3.41. The number of benzene rings is 1. The minimum atomic E-state index is -0.513. The molecule has 0 spiro atoms. The first kappa shape index (κ1) is 19.8.